The molecule has 1 aromatic heterocycles. The van der Waals surface area contributed by atoms with E-state index in [-0.39, 0.29) is 34.5 Å². The molecule has 1 aromatic carbocycles. The molecular formula is C28H40N4O3. The standard InChI is InChI=1S/C28H40N4O3/c1-11-34-22-19(33-10)12-17(27(6,7)18-14-31-25(29)32-24(18)30-9)21-15(2)16(3)28(8,35-23(21)22)20-13-26(20,4)5/h12,14,20H,11,13H2,1-10H3,(H3,29,30,31,32)/i10D3,11D2. The monoisotopic (exact) mass is 485 g/mol. The van der Waals surface area contributed by atoms with Crippen LogP contribution in [0.5, 0.6) is 17.2 Å². The van der Waals surface area contributed by atoms with E-state index in [0.29, 0.717) is 22.5 Å². The number of benzene rings is 1. The Morgan fingerprint density at radius 1 is 1.31 bits per heavy atom. The molecule has 3 N–H and O–H groups in total. The molecule has 1 aliphatic heterocycles. The Morgan fingerprint density at radius 2 is 2.00 bits per heavy atom. The summed E-state index contributed by atoms with van der Waals surface area (Å²) in [6.45, 7) is 13.5. The fourth-order valence-electron chi connectivity index (χ4n) is 5.63. The summed E-state index contributed by atoms with van der Waals surface area (Å²) in [6, 6.07) is 1.60. The number of allylic oxidation sites excluding steroid dienone is 1. The number of hydrogen-bond acceptors (Lipinski definition) is 7. The number of anilines is 2. The highest BCUT2D eigenvalue weighted by Gasteiger charge is 2.60. The number of hydrogen-bond donors (Lipinski definition) is 2. The van der Waals surface area contributed by atoms with Gasteiger partial charge in [0.05, 0.1) is 20.5 Å². The number of nitrogens with one attached hydrogen (secondary N) is 1. The molecule has 2 atom stereocenters. The Bertz CT molecular complexity index is 1380. The molecule has 0 saturated heterocycles. The molecule has 7 nitrogen and oxygen atoms in total. The quantitative estimate of drug-likeness (QED) is 0.510. The maximum Gasteiger partial charge on any atom is 0.221 e. The first-order chi connectivity index (χ1) is 18.1. The van der Waals surface area contributed by atoms with Crippen LogP contribution in [0.1, 0.15) is 85.4 Å². The van der Waals surface area contributed by atoms with E-state index < -0.39 is 24.6 Å². The lowest BCUT2D eigenvalue weighted by atomic mass is 9.72. The van der Waals surface area contributed by atoms with Crippen molar-refractivity contribution in [2.45, 2.75) is 72.8 Å². The van der Waals surface area contributed by atoms with E-state index in [9.17, 15) is 0 Å². The van der Waals surface area contributed by atoms with Crippen LogP contribution in [0.25, 0.3) is 5.57 Å². The van der Waals surface area contributed by atoms with Gasteiger partial charge in [0.2, 0.25) is 11.7 Å². The van der Waals surface area contributed by atoms with E-state index in [1.54, 1.807) is 19.3 Å². The molecule has 35 heavy (non-hydrogen) atoms. The maximum atomic E-state index is 8.19. The van der Waals surface area contributed by atoms with Crippen molar-refractivity contribution >= 4 is 17.3 Å². The minimum absolute atomic E-state index is 0.0477. The number of nitrogens with zero attached hydrogens (tertiary/aromatic N) is 2. The third kappa shape index (κ3) is 3.80. The van der Waals surface area contributed by atoms with E-state index in [4.69, 9.17) is 26.8 Å². The molecule has 0 radical (unpaired) electrons. The molecule has 0 amide bonds. The van der Waals surface area contributed by atoms with Crippen molar-refractivity contribution < 1.29 is 21.1 Å². The summed E-state index contributed by atoms with van der Waals surface area (Å²) in [4.78, 5) is 8.60. The molecule has 2 unspecified atom stereocenters. The second kappa shape index (κ2) is 8.32. The minimum Gasteiger partial charge on any atom is -0.493 e. The van der Waals surface area contributed by atoms with E-state index in [1.165, 1.54) is 6.92 Å². The highest BCUT2D eigenvalue weighted by molar-refractivity contribution is 5.83. The molecule has 2 aliphatic rings. The molecule has 190 valence electrons. The van der Waals surface area contributed by atoms with Crippen LogP contribution in [0.3, 0.4) is 0 Å². The largest absolute Gasteiger partial charge is 0.493 e. The Hall–Kier alpha value is -2.96. The Kier molecular flexibility index (Phi) is 4.57. The SMILES string of the molecule is [2H]C([2H])([2H])Oc1cc(C(C)(C)c2cnc(N)nc2NC)c2c(c1OC([2H])([2H])C)OC(C)(C1CC1(C)C)C(C)=C2C. The predicted molar refractivity (Wildman–Crippen MR) is 141 cm³/mol. The van der Waals surface area contributed by atoms with Gasteiger partial charge in [-0.05, 0) is 62.3 Å². The van der Waals surface area contributed by atoms with Crippen LogP contribution in [0.15, 0.2) is 17.8 Å². The molecule has 1 fully saturated rings. The second-order valence-electron chi connectivity index (χ2n) is 10.9. The zero-order valence-electron chi connectivity index (χ0n) is 27.1. The van der Waals surface area contributed by atoms with E-state index >= 15 is 0 Å². The fraction of sp³-hybridized carbons (Fsp3) is 0.571. The third-order valence-corrected chi connectivity index (χ3v) is 8.08. The summed E-state index contributed by atoms with van der Waals surface area (Å²) in [5, 5.41) is 3.08. The number of aromatic nitrogens is 2. The van der Waals surface area contributed by atoms with Gasteiger partial charge in [-0.3, -0.25) is 0 Å². The van der Waals surface area contributed by atoms with Crippen LogP contribution in [0, 0.1) is 11.3 Å². The number of nitrogens with two attached hydrogens (primary N) is 1. The Balaban J connectivity index is 2.10. The highest BCUT2D eigenvalue weighted by atomic mass is 16.5. The van der Waals surface area contributed by atoms with E-state index in [2.05, 4.69) is 36.1 Å². The first kappa shape index (κ1) is 19.3. The fourth-order valence-corrected chi connectivity index (χ4v) is 5.63. The lowest BCUT2D eigenvalue weighted by molar-refractivity contribution is 0.0800. The smallest absolute Gasteiger partial charge is 0.221 e. The van der Waals surface area contributed by atoms with Crippen LogP contribution in [0.4, 0.5) is 11.8 Å². The lowest BCUT2D eigenvalue weighted by Crippen LogP contribution is -2.41. The number of methoxy groups -OCH3 is 1. The summed E-state index contributed by atoms with van der Waals surface area (Å²) in [5.74, 6) is 0.862. The van der Waals surface area contributed by atoms with Gasteiger partial charge in [-0.1, -0.05) is 27.7 Å². The first-order valence-corrected chi connectivity index (χ1v) is 11.9. The van der Waals surface area contributed by atoms with E-state index in [0.717, 1.165) is 17.6 Å². The van der Waals surface area contributed by atoms with Crippen LogP contribution in [0.2, 0.25) is 0 Å². The summed E-state index contributed by atoms with van der Waals surface area (Å²) in [7, 11) is -1.09. The van der Waals surface area contributed by atoms with Crippen LogP contribution in [-0.2, 0) is 5.41 Å². The number of fused-ring (bicyclic) bond motifs is 1. The number of nitrogen functional groups attached to an aromatic ring is 1. The van der Waals surface area contributed by atoms with Crippen molar-refractivity contribution in [2.24, 2.45) is 11.3 Å². The van der Waals surface area contributed by atoms with Crippen molar-refractivity contribution in [3.8, 4) is 17.2 Å². The van der Waals surface area contributed by atoms with Crippen LogP contribution in [-0.4, -0.2) is 36.2 Å². The van der Waals surface area contributed by atoms with E-state index in [1.807, 2.05) is 27.7 Å². The summed E-state index contributed by atoms with van der Waals surface area (Å²) < 4.78 is 58.1. The van der Waals surface area contributed by atoms with Gasteiger partial charge in [-0.25, -0.2) is 4.98 Å². The highest BCUT2D eigenvalue weighted by Crippen LogP contribution is 2.64. The molecule has 4 rings (SSSR count). The van der Waals surface area contributed by atoms with Gasteiger partial charge in [0.15, 0.2) is 11.5 Å². The summed E-state index contributed by atoms with van der Waals surface area (Å²) in [5.41, 5.74) is 8.46. The molecular weight excluding hydrogens is 440 g/mol. The zero-order valence-corrected chi connectivity index (χ0v) is 22.1. The topological polar surface area (TPSA) is 91.5 Å². The predicted octanol–water partition coefficient (Wildman–Crippen LogP) is 5.82. The molecule has 1 saturated carbocycles. The van der Waals surface area contributed by atoms with Gasteiger partial charge in [-0.15, -0.1) is 0 Å². The van der Waals surface area contributed by atoms with Crippen LogP contribution < -0.4 is 25.3 Å². The average Bonchev–Trinajstić information content (AvgIpc) is 3.46. The second-order valence-corrected chi connectivity index (χ2v) is 10.9. The van der Waals surface area contributed by atoms with Crippen molar-refractivity contribution in [3.63, 3.8) is 0 Å². The molecule has 0 spiro atoms. The van der Waals surface area contributed by atoms with Gasteiger partial charge < -0.3 is 25.3 Å². The molecule has 7 heteroatoms. The number of ether oxygens (including phenoxy) is 3. The molecule has 0 bridgehead atoms. The van der Waals surface area contributed by atoms with Gasteiger partial charge >= 0.3 is 0 Å². The summed E-state index contributed by atoms with van der Waals surface area (Å²) >= 11 is 0. The van der Waals surface area contributed by atoms with Gasteiger partial charge in [0.25, 0.3) is 0 Å². The van der Waals surface area contributed by atoms with Crippen molar-refractivity contribution in [2.75, 3.05) is 31.7 Å². The summed E-state index contributed by atoms with van der Waals surface area (Å²) in [6.07, 6.45) is 2.60. The lowest BCUT2D eigenvalue weighted by Gasteiger charge is -2.42. The minimum atomic E-state index is -2.83. The Labute approximate surface area is 216 Å². The van der Waals surface area contributed by atoms with Gasteiger partial charge in [-0.2, -0.15) is 4.98 Å². The molecule has 2 heterocycles. The average molecular weight is 486 g/mol. The molecule has 2 aromatic rings. The normalized spacial score (nSPS) is 25.7. The third-order valence-electron chi connectivity index (χ3n) is 8.08. The van der Waals surface area contributed by atoms with Crippen LogP contribution >= 0.6 is 0 Å². The van der Waals surface area contributed by atoms with Gasteiger partial charge in [0.1, 0.15) is 11.4 Å². The van der Waals surface area contributed by atoms with Crippen molar-refractivity contribution in [1.82, 2.24) is 9.97 Å². The van der Waals surface area contributed by atoms with Crippen molar-refractivity contribution in [1.29, 1.82) is 0 Å². The maximum absolute atomic E-state index is 8.19. The molecule has 1 aliphatic carbocycles. The van der Waals surface area contributed by atoms with Crippen molar-refractivity contribution in [3.05, 3.63) is 34.5 Å². The zero-order chi connectivity index (χ0) is 30.2. The Morgan fingerprint density at radius 3 is 2.57 bits per heavy atom. The van der Waals surface area contributed by atoms with Gasteiger partial charge in [0, 0.05) is 35.7 Å². The number of rotatable bonds is 7. The first-order valence-electron chi connectivity index (χ1n) is 14.4.